The Labute approximate surface area is 130 Å². The van der Waals surface area contributed by atoms with Crippen molar-refractivity contribution in [3.05, 3.63) is 29.8 Å². The van der Waals surface area contributed by atoms with Crippen LogP contribution in [0.5, 0.6) is 5.75 Å². The molecule has 0 saturated carbocycles. The molecule has 0 aliphatic heterocycles. The molecule has 6 heteroatoms. The third kappa shape index (κ3) is 6.53. The van der Waals surface area contributed by atoms with Gasteiger partial charge in [0.15, 0.2) is 5.78 Å². The lowest BCUT2D eigenvalue weighted by molar-refractivity contribution is -0.903. The van der Waals surface area contributed by atoms with Crippen molar-refractivity contribution in [2.45, 2.75) is 19.4 Å². The molecule has 0 radical (unpaired) electrons. The van der Waals surface area contributed by atoms with Crippen molar-refractivity contribution >= 4 is 5.78 Å². The molecule has 0 amide bonds. The molecule has 0 heterocycles. The average Bonchev–Trinajstić information content (AvgIpc) is 2.53. The topological polar surface area (TPSA) is 91.4 Å². The van der Waals surface area contributed by atoms with Crippen molar-refractivity contribution in [3.63, 3.8) is 0 Å². The Bertz CT molecular complexity index is 429. The van der Waals surface area contributed by atoms with Crippen LogP contribution in [0.4, 0.5) is 0 Å². The highest BCUT2D eigenvalue weighted by Gasteiger charge is 2.15. The molecule has 1 aromatic carbocycles. The number of hydrogen-bond donors (Lipinski definition) is 4. The van der Waals surface area contributed by atoms with E-state index in [1.54, 1.807) is 24.3 Å². The summed E-state index contributed by atoms with van der Waals surface area (Å²) in [7, 11) is 0. The molecule has 0 bridgehead atoms. The fraction of sp³-hybridized carbons (Fsp3) is 0.562. The van der Waals surface area contributed by atoms with Gasteiger partial charge in [-0.1, -0.05) is 6.92 Å². The average molecular weight is 312 g/mol. The summed E-state index contributed by atoms with van der Waals surface area (Å²) in [6.45, 7) is 3.31. The van der Waals surface area contributed by atoms with Gasteiger partial charge in [0, 0.05) is 12.0 Å². The van der Waals surface area contributed by atoms with Crippen LogP contribution in [0.1, 0.15) is 23.7 Å². The minimum atomic E-state index is -0.690. The number of benzene rings is 1. The summed E-state index contributed by atoms with van der Waals surface area (Å²) in [5.41, 5.74) is 0.650. The molecule has 1 atom stereocenters. The SMILES string of the molecule is CCC(=O)c1ccc(OC[C@H](O)C[NH+](CCO)CCO)cc1. The van der Waals surface area contributed by atoms with Gasteiger partial charge in [-0.2, -0.15) is 0 Å². The van der Waals surface area contributed by atoms with Crippen molar-refractivity contribution in [3.8, 4) is 5.75 Å². The van der Waals surface area contributed by atoms with Gasteiger partial charge in [0.25, 0.3) is 0 Å². The van der Waals surface area contributed by atoms with Crippen LogP contribution < -0.4 is 9.64 Å². The molecule has 0 saturated heterocycles. The lowest BCUT2D eigenvalue weighted by Gasteiger charge is -2.21. The van der Waals surface area contributed by atoms with Crippen molar-refractivity contribution in [2.24, 2.45) is 0 Å². The molecule has 1 aromatic rings. The summed E-state index contributed by atoms with van der Waals surface area (Å²) in [6.07, 6.45) is -0.224. The standard InChI is InChI=1S/C16H25NO5/c1-2-16(21)13-3-5-15(6-4-13)22-12-14(20)11-17(7-9-18)8-10-19/h3-6,14,18-20H,2,7-12H2,1H3/p+1/t14-/m1/s1. The van der Waals surface area contributed by atoms with Crippen LogP contribution in [-0.2, 0) is 0 Å². The van der Waals surface area contributed by atoms with E-state index in [0.717, 1.165) is 4.90 Å². The summed E-state index contributed by atoms with van der Waals surface area (Å²) in [5, 5.41) is 27.8. The van der Waals surface area contributed by atoms with Crippen LogP contribution in [0.2, 0.25) is 0 Å². The highest BCUT2D eigenvalue weighted by molar-refractivity contribution is 5.95. The molecule has 0 unspecified atom stereocenters. The Kier molecular flexibility index (Phi) is 8.69. The van der Waals surface area contributed by atoms with Gasteiger partial charge in [0.2, 0.25) is 0 Å². The summed E-state index contributed by atoms with van der Waals surface area (Å²) in [4.78, 5) is 12.4. The molecule has 4 N–H and O–H groups in total. The molecule has 124 valence electrons. The lowest BCUT2D eigenvalue weighted by Crippen LogP contribution is -3.14. The van der Waals surface area contributed by atoms with Crippen molar-refractivity contribution in [2.75, 3.05) is 39.5 Å². The van der Waals surface area contributed by atoms with E-state index >= 15 is 0 Å². The number of ether oxygens (including phenoxy) is 1. The number of nitrogens with one attached hydrogen (secondary N) is 1. The molecule has 0 aliphatic rings. The predicted octanol–water partition coefficient (Wildman–Crippen LogP) is -1.11. The minimum absolute atomic E-state index is 0.00975. The molecule has 0 aliphatic carbocycles. The quantitative estimate of drug-likeness (QED) is 0.389. The molecule has 1 rings (SSSR count). The first kappa shape index (κ1) is 18.6. The van der Waals surface area contributed by atoms with Crippen molar-refractivity contribution in [1.82, 2.24) is 0 Å². The van der Waals surface area contributed by atoms with Gasteiger partial charge >= 0.3 is 0 Å². The van der Waals surface area contributed by atoms with E-state index in [2.05, 4.69) is 0 Å². The van der Waals surface area contributed by atoms with Crippen molar-refractivity contribution in [1.29, 1.82) is 0 Å². The predicted molar refractivity (Wildman–Crippen MR) is 82.3 cm³/mol. The molecule has 6 nitrogen and oxygen atoms in total. The second-order valence-electron chi connectivity index (χ2n) is 5.17. The molecular weight excluding hydrogens is 286 g/mol. The number of aliphatic hydroxyl groups is 3. The zero-order valence-electron chi connectivity index (χ0n) is 13.0. The number of ketones is 1. The first-order chi connectivity index (χ1) is 10.6. The second kappa shape index (κ2) is 10.3. The smallest absolute Gasteiger partial charge is 0.162 e. The summed E-state index contributed by atoms with van der Waals surface area (Å²) < 4.78 is 5.49. The third-order valence-electron chi connectivity index (χ3n) is 3.39. The molecule has 22 heavy (non-hydrogen) atoms. The van der Waals surface area contributed by atoms with Gasteiger partial charge in [-0.05, 0) is 24.3 Å². The van der Waals surface area contributed by atoms with E-state index in [-0.39, 0.29) is 25.6 Å². The van der Waals surface area contributed by atoms with Crippen LogP contribution in [0.3, 0.4) is 0 Å². The maximum Gasteiger partial charge on any atom is 0.162 e. The van der Waals surface area contributed by atoms with E-state index in [1.807, 2.05) is 6.92 Å². The molecule has 0 spiro atoms. The van der Waals surface area contributed by atoms with Crippen LogP contribution in [0, 0.1) is 0 Å². The monoisotopic (exact) mass is 312 g/mol. The third-order valence-corrected chi connectivity index (χ3v) is 3.39. The number of rotatable bonds is 11. The van der Waals surface area contributed by atoms with Crippen LogP contribution in [0.15, 0.2) is 24.3 Å². The van der Waals surface area contributed by atoms with Crippen LogP contribution >= 0.6 is 0 Å². The lowest BCUT2D eigenvalue weighted by atomic mass is 10.1. The van der Waals surface area contributed by atoms with E-state index in [4.69, 9.17) is 14.9 Å². The number of hydrogen-bond acceptors (Lipinski definition) is 5. The van der Waals surface area contributed by atoms with E-state index in [9.17, 15) is 9.90 Å². The van der Waals surface area contributed by atoms with Crippen LogP contribution in [-0.4, -0.2) is 66.7 Å². The Balaban J connectivity index is 2.42. The number of quaternary nitrogens is 1. The fourth-order valence-corrected chi connectivity index (χ4v) is 2.17. The number of carbonyl (C=O) groups is 1. The Morgan fingerprint density at radius 1 is 1.18 bits per heavy atom. The first-order valence-corrected chi connectivity index (χ1v) is 7.60. The highest BCUT2D eigenvalue weighted by atomic mass is 16.5. The Morgan fingerprint density at radius 2 is 1.77 bits per heavy atom. The summed E-state index contributed by atoms with van der Waals surface area (Å²) in [6, 6.07) is 6.84. The zero-order valence-corrected chi connectivity index (χ0v) is 13.0. The van der Waals surface area contributed by atoms with Gasteiger partial charge in [0.05, 0.1) is 13.2 Å². The molecule has 0 aromatic heterocycles. The minimum Gasteiger partial charge on any atom is -0.491 e. The van der Waals surface area contributed by atoms with Gasteiger partial charge < -0.3 is 25.0 Å². The Morgan fingerprint density at radius 3 is 2.27 bits per heavy atom. The first-order valence-electron chi connectivity index (χ1n) is 7.60. The van der Waals surface area contributed by atoms with Gasteiger partial charge in [-0.15, -0.1) is 0 Å². The fourth-order valence-electron chi connectivity index (χ4n) is 2.17. The molecular formula is C16H26NO5+. The van der Waals surface area contributed by atoms with Crippen molar-refractivity contribution < 1.29 is 29.8 Å². The van der Waals surface area contributed by atoms with Gasteiger partial charge in [0.1, 0.15) is 38.1 Å². The van der Waals surface area contributed by atoms with Crippen LogP contribution in [0.25, 0.3) is 0 Å². The zero-order chi connectivity index (χ0) is 16.4. The largest absolute Gasteiger partial charge is 0.491 e. The number of Topliss-reactive ketones (excluding diaryl/α,β-unsaturated/α-hetero) is 1. The normalized spacial score (nSPS) is 12.4. The highest BCUT2D eigenvalue weighted by Crippen LogP contribution is 2.13. The van der Waals surface area contributed by atoms with Gasteiger partial charge in [-0.25, -0.2) is 0 Å². The number of aliphatic hydroxyl groups excluding tert-OH is 3. The maximum atomic E-state index is 11.5. The van der Waals surface area contributed by atoms with E-state index in [1.165, 1.54) is 0 Å². The number of carbonyl (C=O) groups excluding carboxylic acids is 1. The summed E-state index contributed by atoms with van der Waals surface area (Å²) in [5.74, 6) is 0.677. The van der Waals surface area contributed by atoms with E-state index < -0.39 is 6.10 Å². The molecule has 0 fully saturated rings. The maximum absolute atomic E-state index is 11.5. The van der Waals surface area contributed by atoms with E-state index in [0.29, 0.717) is 37.4 Å². The Hall–Kier alpha value is -1.47. The van der Waals surface area contributed by atoms with Gasteiger partial charge in [-0.3, -0.25) is 4.79 Å². The summed E-state index contributed by atoms with van der Waals surface area (Å²) >= 11 is 0. The second-order valence-corrected chi connectivity index (χ2v) is 5.17.